The van der Waals surface area contributed by atoms with Crippen molar-refractivity contribution in [3.8, 4) is 0 Å². The summed E-state index contributed by atoms with van der Waals surface area (Å²) in [7, 11) is 0. The van der Waals surface area contributed by atoms with Gasteiger partial charge in [0.15, 0.2) is 11.0 Å². The van der Waals surface area contributed by atoms with Gasteiger partial charge in [0.1, 0.15) is 5.60 Å². The molecule has 0 radical (unpaired) electrons. The molecule has 4 rings (SSSR count). The molecule has 1 aliphatic heterocycles. The SMILES string of the molecule is CC(C)(C)OC(=O)N1C[C@H]2CC(Nc3nnc(Cl)cc3C3CC3)C[C@H]2C1. The molecule has 1 aromatic heterocycles. The van der Waals surface area contributed by atoms with Crippen molar-refractivity contribution in [3.05, 3.63) is 16.8 Å². The van der Waals surface area contributed by atoms with Crippen molar-refractivity contribution < 1.29 is 9.53 Å². The fourth-order valence-electron chi connectivity index (χ4n) is 4.29. The van der Waals surface area contributed by atoms with Crippen LogP contribution in [-0.4, -0.2) is 45.9 Å². The van der Waals surface area contributed by atoms with Gasteiger partial charge in [-0.1, -0.05) is 11.6 Å². The summed E-state index contributed by atoms with van der Waals surface area (Å²) in [6, 6.07) is 2.34. The number of ether oxygens (including phenoxy) is 1. The molecule has 3 atom stereocenters. The molecule has 0 spiro atoms. The number of amides is 1. The topological polar surface area (TPSA) is 67.3 Å². The number of nitrogens with zero attached hydrogens (tertiary/aromatic N) is 3. The maximum atomic E-state index is 12.3. The predicted molar refractivity (Wildman–Crippen MR) is 100 cm³/mol. The Labute approximate surface area is 159 Å². The van der Waals surface area contributed by atoms with Crippen molar-refractivity contribution in [1.29, 1.82) is 0 Å². The number of nitrogens with one attached hydrogen (secondary N) is 1. The lowest BCUT2D eigenvalue weighted by atomic mass is 10.0. The van der Waals surface area contributed by atoms with Gasteiger partial charge < -0.3 is 15.0 Å². The number of rotatable bonds is 3. The zero-order chi connectivity index (χ0) is 18.5. The van der Waals surface area contributed by atoms with E-state index in [-0.39, 0.29) is 6.09 Å². The van der Waals surface area contributed by atoms with Crippen LogP contribution in [0.5, 0.6) is 0 Å². The van der Waals surface area contributed by atoms with Crippen LogP contribution in [0.3, 0.4) is 0 Å². The van der Waals surface area contributed by atoms with E-state index in [1.807, 2.05) is 31.7 Å². The van der Waals surface area contributed by atoms with Gasteiger partial charge in [-0.05, 0) is 70.3 Å². The van der Waals surface area contributed by atoms with Crippen molar-refractivity contribution >= 4 is 23.5 Å². The molecule has 7 heteroatoms. The quantitative estimate of drug-likeness (QED) is 0.858. The summed E-state index contributed by atoms with van der Waals surface area (Å²) in [4.78, 5) is 14.1. The van der Waals surface area contributed by atoms with Gasteiger partial charge >= 0.3 is 6.09 Å². The molecule has 1 unspecified atom stereocenters. The van der Waals surface area contributed by atoms with Crippen LogP contribution in [0.2, 0.25) is 5.15 Å². The number of carbonyl (C=O) groups excluding carboxylic acids is 1. The Kier molecular flexibility index (Phi) is 4.49. The minimum Gasteiger partial charge on any atom is -0.444 e. The lowest BCUT2D eigenvalue weighted by Gasteiger charge is -2.25. The van der Waals surface area contributed by atoms with Gasteiger partial charge in [0.05, 0.1) is 0 Å². The first-order valence-electron chi connectivity index (χ1n) is 9.56. The van der Waals surface area contributed by atoms with E-state index >= 15 is 0 Å². The van der Waals surface area contributed by atoms with E-state index in [4.69, 9.17) is 16.3 Å². The van der Waals surface area contributed by atoms with E-state index in [9.17, 15) is 4.79 Å². The van der Waals surface area contributed by atoms with Crippen LogP contribution >= 0.6 is 11.6 Å². The first-order chi connectivity index (χ1) is 12.3. The Morgan fingerprint density at radius 3 is 2.46 bits per heavy atom. The van der Waals surface area contributed by atoms with Crippen LogP contribution in [0.1, 0.15) is 57.9 Å². The average molecular weight is 379 g/mol. The number of anilines is 1. The Hall–Kier alpha value is -1.56. The summed E-state index contributed by atoms with van der Waals surface area (Å²) in [5, 5.41) is 12.4. The molecule has 142 valence electrons. The highest BCUT2D eigenvalue weighted by Gasteiger charge is 2.43. The number of halogens is 1. The second-order valence-electron chi connectivity index (χ2n) is 8.96. The Morgan fingerprint density at radius 2 is 1.88 bits per heavy atom. The van der Waals surface area contributed by atoms with Crippen molar-refractivity contribution in [2.75, 3.05) is 18.4 Å². The van der Waals surface area contributed by atoms with E-state index in [0.717, 1.165) is 31.7 Å². The van der Waals surface area contributed by atoms with Crippen LogP contribution in [-0.2, 0) is 4.74 Å². The number of carbonyl (C=O) groups is 1. The molecule has 6 nitrogen and oxygen atoms in total. The van der Waals surface area contributed by atoms with Crippen molar-refractivity contribution in [3.63, 3.8) is 0 Å². The monoisotopic (exact) mass is 378 g/mol. The van der Waals surface area contributed by atoms with E-state index < -0.39 is 5.60 Å². The second kappa shape index (κ2) is 6.55. The fourth-order valence-corrected chi connectivity index (χ4v) is 4.44. The van der Waals surface area contributed by atoms with Crippen LogP contribution < -0.4 is 5.32 Å². The van der Waals surface area contributed by atoms with Crippen LogP contribution in [0.4, 0.5) is 10.6 Å². The normalized spacial score (nSPS) is 28.2. The maximum absolute atomic E-state index is 12.3. The molecule has 26 heavy (non-hydrogen) atoms. The van der Waals surface area contributed by atoms with Gasteiger partial charge in [0.25, 0.3) is 0 Å². The molecule has 2 saturated carbocycles. The first kappa shape index (κ1) is 17.8. The molecule has 3 fully saturated rings. The molecule has 0 bridgehead atoms. The van der Waals surface area contributed by atoms with E-state index in [2.05, 4.69) is 15.5 Å². The standard InChI is InChI=1S/C19H27ClN4O2/c1-19(2,3)26-18(25)24-9-12-6-14(7-13(12)10-24)21-17-15(11-4-5-11)8-16(20)22-23-17/h8,11-14H,4-7,9-10H2,1-3H3,(H,21,23)/t12-,13+,14?. The molecule has 1 saturated heterocycles. The van der Waals surface area contributed by atoms with Crippen molar-refractivity contribution in [1.82, 2.24) is 15.1 Å². The van der Waals surface area contributed by atoms with Crippen LogP contribution in [0.25, 0.3) is 0 Å². The Morgan fingerprint density at radius 1 is 1.23 bits per heavy atom. The molecule has 1 aromatic rings. The van der Waals surface area contributed by atoms with Gasteiger partial charge in [0.2, 0.25) is 0 Å². The third-order valence-corrected chi connectivity index (χ3v) is 5.74. The number of hydrogen-bond acceptors (Lipinski definition) is 5. The van der Waals surface area contributed by atoms with E-state index in [1.54, 1.807) is 0 Å². The molecule has 3 aliphatic rings. The number of fused-ring (bicyclic) bond motifs is 1. The zero-order valence-corrected chi connectivity index (χ0v) is 16.4. The molecule has 0 aromatic carbocycles. The fraction of sp³-hybridized carbons (Fsp3) is 0.737. The molecule has 2 aliphatic carbocycles. The van der Waals surface area contributed by atoms with Gasteiger partial charge in [-0.2, -0.15) is 0 Å². The summed E-state index contributed by atoms with van der Waals surface area (Å²) in [5.74, 6) is 2.54. The van der Waals surface area contributed by atoms with E-state index in [1.165, 1.54) is 18.4 Å². The van der Waals surface area contributed by atoms with Crippen LogP contribution in [0.15, 0.2) is 6.07 Å². The minimum atomic E-state index is -0.439. The minimum absolute atomic E-state index is 0.184. The largest absolute Gasteiger partial charge is 0.444 e. The van der Waals surface area contributed by atoms with Crippen molar-refractivity contribution in [2.24, 2.45) is 11.8 Å². The highest BCUT2D eigenvalue weighted by atomic mass is 35.5. The predicted octanol–water partition coefficient (Wildman–Crippen LogP) is 4.06. The van der Waals surface area contributed by atoms with E-state index in [0.29, 0.717) is 28.9 Å². The second-order valence-corrected chi connectivity index (χ2v) is 9.35. The van der Waals surface area contributed by atoms with Gasteiger partial charge in [0, 0.05) is 24.7 Å². The van der Waals surface area contributed by atoms with Crippen molar-refractivity contribution in [2.45, 2.75) is 64.0 Å². The highest BCUT2D eigenvalue weighted by molar-refractivity contribution is 6.29. The molecule has 2 heterocycles. The molecule has 1 N–H and O–H groups in total. The lowest BCUT2D eigenvalue weighted by Crippen LogP contribution is -2.36. The Bertz CT molecular complexity index is 687. The summed E-state index contributed by atoms with van der Waals surface area (Å²) in [6.07, 6.45) is 4.34. The van der Waals surface area contributed by atoms with Gasteiger partial charge in [-0.15, -0.1) is 10.2 Å². The zero-order valence-electron chi connectivity index (χ0n) is 15.7. The number of hydrogen-bond donors (Lipinski definition) is 1. The lowest BCUT2D eigenvalue weighted by molar-refractivity contribution is 0.0280. The molecule has 1 amide bonds. The van der Waals surface area contributed by atoms with Gasteiger partial charge in [-0.3, -0.25) is 0 Å². The number of aromatic nitrogens is 2. The number of likely N-dealkylation sites (tertiary alicyclic amines) is 1. The highest BCUT2D eigenvalue weighted by Crippen LogP contribution is 2.45. The van der Waals surface area contributed by atoms with Crippen LogP contribution in [0, 0.1) is 11.8 Å². The maximum Gasteiger partial charge on any atom is 0.410 e. The smallest absolute Gasteiger partial charge is 0.410 e. The average Bonchev–Trinajstić information content (AvgIpc) is 3.19. The summed E-state index contributed by atoms with van der Waals surface area (Å²) < 4.78 is 5.51. The third-order valence-electron chi connectivity index (χ3n) is 5.55. The Balaban J connectivity index is 1.35. The van der Waals surface area contributed by atoms with Gasteiger partial charge in [-0.25, -0.2) is 4.79 Å². The summed E-state index contributed by atoms with van der Waals surface area (Å²) in [6.45, 7) is 7.31. The third kappa shape index (κ3) is 3.90. The summed E-state index contributed by atoms with van der Waals surface area (Å²) >= 11 is 6.02. The summed E-state index contributed by atoms with van der Waals surface area (Å²) in [5.41, 5.74) is 0.767. The first-order valence-corrected chi connectivity index (χ1v) is 9.94. The molecular formula is C19H27ClN4O2. The molecular weight excluding hydrogens is 352 g/mol.